The zero-order valence-electron chi connectivity index (χ0n) is 8.62. The Balaban J connectivity index is 2.29. The zero-order valence-corrected chi connectivity index (χ0v) is 8.62. The van der Waals surface area contributed by atoms with E-state index in [4.69, 9.17) is 10.7 Å². The molecule has 14 heavy (non-hydrogen) atoms. The first kappa shape index (κ1) is 9.69. The SMILES string of the molecule is CC(CON)c1cccc2c1CCC2. The van der Waals surface area contributed by atoms with Crippen LogP contribution in [0, 0.1) is 0 Å². The molecule has 0 radical (unpaired) electrons. The molecule has 0 bridgehead atoms. The minimum Gasteiger partial charge on any atom is -0.304 e. The lowest BCUT2D eigenvalue weighted by molar-refractivity contribution is 0.126. The van der Waals surface area contributed by atoms with Crippen molar-refractivity contribution < 1.29 is 4.84 Å². The van der Waals surface area contributed by atoms with Gasteiger partial charge >= 0.3 is 0 Å². The normalized spacial score (nSPS) is 16.7. The van der Waals surface area contributed by atoms with Crippen LogP contribution in [-0.2, 0) is 17.7 Å². The van der Waals surface area contributed by atoms with Crippen molar-refractivity contribution in [3.05, 3.63) is 34.9 Å². The van der Waals surface area contributed by atoms with Crippen LogP contribution in [0.25, 0.3) is 0 Å². The van der Waals surface area contributed by atoms with Gasteiger partial charge in [0.05, 0.1) is 6.61 Å². The van der Waals surface area contributed by atoms with Gasteiger partial charge in [0.15, 0.2) is 0 Å². The fraction of sp³-hybridized carbons (Fsp3) is 0.500. The molecule has 0 saturated heterocycles. The molecule has 0 fully saturated rings. The van der Waals surface area contributed by atoms with Crippen molar-refractivity contribution in [2.24, 2.45) is 5.90 Å². The van der Waals surface area contributed by atoms with E-state index in [1.807, 2.05) is 0 Å². The Kier molecular flexibility index (Phi) is 2.85. The largest absolute Gasteiger partial charge is 0.304 e. The third-order valence-corrected chi connectivity index (χ3v) is 3.06. The van der Waals surface area contributed by atoms with E-state index in [2.05, 4.69) is 25.1 Å². The third kappa shape index (κ3) is 1.68. The van der Waals surface area contributed by atoms with E-state index in [0.717, 1.165) is 0 Å². The van der Waals surface area contributed by atoms with Crippen molar-refractivity contribution in [1.29, 1.82) is 0 Å². The van der Waals surface area contributed by atoms with Gasteiger partial charge < -0.3 is 4.84 Å². The van der Waals surface area contributed by atoms with Crippen LogP contribution in [0.3, 0.4) is 0 Å². The first-order chi connectivity index (χ1) is 6.83. The fourth-order valence-electron chi connectivity index (χ4n) is 2.35. The van der Waals surface area contributed by atoms with Crippen LogP contribution < -0.4 is 5.90 Å². The second-order valence-corrected chi connectivity index (χ2v) is 4.07. The molecule has 2 rings (SSSR count). The van der Waals surface area contributed by atoms with E-state index < -0.39 is 0 Å². The molecule has 1 aromatic rings. The zero-order chi connectivity index (χ0) is 9.97. The summed E-state index contributed by atoms with van der Waals surface area (Å²) in [6, 6.07) is 6.59. The highest BCUT2D eigenvalue weighted by molar-refractivity contribution is 5.40. The molecule has 76 valence electrons. The van der Waals surface area contributed by atoms with E-state index >= 15 is 0 Å². The second-order valence-electron chi connectivity index (χ2n) is 4.07. The maximum Gasteiger partial charge on any atom is 0.0745 e. The number of benzene rings is 1. The Morgan fingerprint density at radius 3 is 3.07 bits per heavy atom. The van der Waals surface area contributed by atoms with Gasteiger partial charge in [0.2, 0.25) is 0 Å². The van der Waals surface area contributed by atoms with E-state index in [1.54, 1.807) is 0 Å². The van der Waals surface area contributed by atoms with Crippen molar-refractivity contribution in [3.63, 3.8) is 0 Å². The molecule has 0 saturated carbocycles. The number of nitrogens with two attached hydrogens (primary N) is 1. The van der Waals surface area contributed by atoms with E-state index in [-0.39, 0.29) is 0 Å². The Labute approximate surface area is 85.0 Å². The minimum atomic E-state index is 0.410. The number of fused-ring (bicyclic) bond motifs is 1. The Bertz CT molecular complexity index is 322. The van der Waals surface area contributed by atoms with Crippen molar-refractivity contribution in [2.75, 3.05) is 6.61 Å². The maximum atomic E-state index is 5.11. The molecule has 2 heteroatoms. The predicted octanol–water partition coefficient (Wildman–Crippen LogP) is 2.17. The number of aryl methyl sites for hydroxylation is 1. The summed E-state index contributed by atoms with van der Waals surface area (Å²) in [7, 11) is 0. The summed E-state index contributed by atoms with van der Waals surface area (Å²) < 4.78 is 0. The van der Waals surface area contributed by atoms with E-state index in [9.17, 15) is 0 Å². The van der Waals surface area contributed by atoms with E-state index in [0.29, 0.717) is 12.5 Å². The molecule has 0 spiro atoms. The fourth-order valence-corrected chi connectivity index (χ4v) is 2.35. The second kappa shape index (κ2) is 4.11. The first-order valence-corrected chi connectivity index (χ1v) is 5.25. The van der Waals surface area contributed by atoms with Crippen LogP contribution in [0.1, 0.15) is 36.0 Å². The van der Waals surface area contributed by atoms with Crippen molar-refractivity contribution >= 4 is 0 Å². The van der Waals surface area contributed by atoms with Gasteiger partial charge in [-0.05, 0) is 36.0 Å². The quantitative estimate of drug-likeness (QED) is 0.743. The lowest BCUT2D eigenvalue weighted by Gasteiger charge is -2.14. The molecular weight excluding hydrogens is 174 g/mol. The number of rotatable bonds is 3. The molecule has 0 amide bonds. The molecule has 1 unspecified atom stereocenters. The van der Waals surface area contributed by atoms with E-state index in [1.165, 1.54) is 36.0 Å². The van der Waals surface area contributed by atoms with Gasteiger partial charge in [0, 0.05) is 5.92 Å². The number of hydrogen-bond acceptors (Lipinski definition) is 2. The van der Waals surface area contributed by atoms with Gasteiger partial charge in [-0.2, -0.15) is 0 Å². The minimum absolute atomic E-state index is 0.410. The van der Waals surface area contributed by atoms with Crippen molar-refractivity contribution in [2.45, 2.75) is 32.1 Å². The standard InChI is InChI=1S/C12H17NO/c1-9(8-14-13)11-6-2-4-10-5-3-7-12(10)11/h2,4,6,9H,3,5,7-8,13H2,1H3. The summed E-state index contributed by atoms with van der Waals surface area (Å²) >= 11 is 0. The highest BCUT2D eigenvalue weighted by Crippen LogP contribution is 2.29. The molecule has 2 nitrogen and oxygen atoms in total. The van der Waals surface area contributed by atoms with Gasteiger partial charge in [0.1, 0.15) is 0 Å². The molecule has 0 heterocycles. The Morgan fingerprint density at radius 1 is 1.43 bits per heavy atom. The Hall–Kier alpha value is -0.860. The average Bonchev–Trinajstić information content (AvgIpc) is 2.65. The van der Waals surface area contributed by atoms with Crippen molar-refractivity contribution in [1.82, 2.24) is 0 Å². The molecule has 0 aromatic heterocycles. The van der Waals surface area contributed by atoms with Crippen LogP contribution in [0.15, 0.2) is 18.2 Å². The topological polar surface area (TPSA) is 35.2 Å². The summed E-state index contributed by atoms with van der Waals surface area (Å²) in [6.07, 6.45) is 3.75. The average molecular weight is 191 g/mol. The maximum absolute atomic E-state index is 5.11. The van der Waals surface area contributed by atoms with Crippen LogP contribution in [0.2, 0.25) is 0 Å². The lowest BCUT2D eigenvalue weighted by Crippen LogP contribution is -2.10. The summed E-state index contributed by atoms with van der Waals surface area (Å²) in [5.41, 5.74) is 4.48. The first-order valence-electron chi connectivity index (χ1n) is 5.25. The predicted molar refractivity (Wildman–Crippen MR) is 57.0 cm³/mol. The van der Waals surface area contributed by atoms with Gasteiger partial charge in [-0.3, -0.25) is 0 Å². The van der Waals surface area contributed by atoms with Gasteiger partial charge in [-0.1, -0.05) is 25.1 Å². The van der Waals surface area contributed by atoms with Crippen LogP contribution in [0.4, 0.5) is 0 Å². The molecule has 2 N–H and O–H groups in total. The van der Waals surface area contributed by atoms with Gasteiger partial charge in [-0.15, -0.1) is 0 Å². The molecule has 1 atom stereocenters. The lowest BCUT2D eigenvalue weighted by atomic mass is 9.94. The summed E-state index contributed by atoms with van der Waals surface area (Å²) in [5.74, 6) is 5.52. The van der Waals surface area contributed by atoms with Crippen LogP contribution in [0.5, 0.6) is 0 Å². The van der Waals surface area contributed by atoms with Crippen LogP contribution >= 0.6 is 0 Å². The van der Waals surface area contributed by atoms with Crippen molar-refractivity contribution in [3.8, 4) is 0 Å². The van der Waals surface area contributed by atoms with Crippen LogP contribution in [-0.4, -0.2) is 6.61 Å². The summed E-state index contributed by atoms with van der Waals surface area (Å²) in [5, 5.41) is 0. The highest BCUT2D eigenvalue weighted by Gasteiger charge is 2.17. The number of hydrogen-bond donors (Lipinski definition) is 1. The molecule has 1 aliphatic carbocycles. The molecule has 1 aromatic carbocycles. The summed E-state index contributed by atoms with van der Waals surface area (Å²) in [6.45, 7) is 2.78. The molecule has 0 aliphatic heterocycles. The summed E-state index contributed by atoms with van der Waals surface area (Å²) in [4.78, 5) is 4.72. The van der Waals surface area contributed by atoms with Gasteiger partial charge in [-0.25, -0.2) is 5.90 Å². The smallest absolute Gasteiger partial charge is 0.0745 e. The molecule has 1 aliphatic rings. The Morgan fingerprint density at radius 2 is 2.29 bits per heavy atom. The monoisotopic (exact) mass is 191 g/mol. The van der Waals surface area contributed by atoms with Gasteiger partial charge in [0.25, 0.3) is 0 Å². The molecular formula is C12H17NO. The highest BCUT2D eigenvalue weighted by atomic mass is 16.6. The third-order valence-electron chi connectivity index (χ3n) is 3.06.